The van der Waals surface area contributed by atoms with E-state index in [2.05, 4.69) is 21.3 Å². The summed E-state index contributed by atoms with van der Waals surface area (Å²) in [4.78, 5) is 19.5. The number of rotatable bonds is 4. The third-order valence-electron chi connectivity index (χ3n) is 5.55. The SMILES string of the molecule is O=C(N[C@@H]1C2CCN(CC2)[C@H]1Cc1cccnc1)c1ccccc1Cl. The lowest BCUT2D eigenvalue weighted by Gasteiger charge is -2.51. The van der Waals surface area contributed by atoms with Crippen molar-refractivity contribution in [3.05, 3.63) is 64.9 Å². The van der Waals surface area contributed by atoms with Crippen LogP contribution in [0.2, 0.25) is 5.02 Å². The molecule has 0 radical (unpaired) electrons. The van der Waals surface area contributed by atoms with Gasteiger partial charge in [-0.2, -0.15) is 0 Å². The molecule has 2 atom stereocenters. The van der Waals surface area contributed by atoms with Crippen molar-refractivity contribution in [1.82, 2.24) is 15.2 Å². The second-order valence-corrected chi connectivity index (χ2v) is 7.39. The number of benzene rings is 1. The average Bonchev–Trinajstić information content (AvgIpc) is 2.65. The molecular weight excluding hydrogens is 334 g/mol. The van der Waals surface area contributed by atoms with Crippen molar-refractivity contribution in [2.75, 3.05) is 13.1 Å². The van der Waals surface area contributed by atoms with Crippen LogP contribution in [-0.4, -0.2) is 41.0 Å². The van der Waals surface area contributed by atoms with Crippen molar-refractivity contribution in [3.8, 4) is 0 Å². The Hall–Kier alpha value is -1.91. The lowest BCUT2D eigenvalue weighted by atomic mass is 9.76. The Morgan fingerprint density at radius 1 is 1.20 bits per heavy atom. The van der Waals surface area contributed by atoms with E-state index in [0.29, 0.717) is 22.5 Å². The number of halogens is 1. The van der Waals surface area contributed by atoms with Crippen molar-refractivity contribution in [2.24, 2.45) is 5.92 Å². The summed E-state index contributed by atoms with van der Waals surface area (Å²) >= 11 is 6.20. The molecule has 1 aromatic heterocycles. The second-order valence-electron chi connectivity index (χ2n) is 6.99. The average molecular weight is 356 g/mol. The van der Waals surface area contributed by atoms with Crippen LogP contribution in [0.5, 0.6) is 0 Å². The maximum absolute atomic E-state index is 12.8. The molecule has 0 unspecified atom stereocenters. The van der Waals surface area contributed by atoms with Gasteiger partial charge in [-0.15, -0.1) is 0 Å². The number of amides is 1. The number of aromatic nitrogens is 1. The van der Waals surface area contributed by atoms with Gasteiger partial charge in [0.15, 0.2) is 0 Å². The predicted molar refractivity (Wildman–Crippen MR) is 98.7 cm³/mol. The summed E-state index contributed by atoms with van der Waals surface area (Å²) in [5.74, 6) is 0.471. The number of piperidine rings is 3. The first-order valence-electron chi connectivity index (χ1n) is 8.91. The zero-order valence-corrected chi connectivity index (χ0v) is 14.8. The van der Waals surface area contributed by atoms with Gasteiger partial charge in [0, 0.05) is 24.5 Å². The first-order valence-corrected chi connectivity index (χ1v) is 9.28. The van der Waals surface area contributed by atoms with Gasteiger partial charge in [-0.1, -0.05) is 29.8 Å². The summed E-state index contributed by atoms with van der Waals surface area (Å²) in [6, 6.07) is 11.8. The maximum atomic E-state index is 12.8. The molecule has 1 amide bonds. The molecule has 3 fully saturated rings. The second kappa shape index (κ2) is 7.14. The highest BCUT2D eigenvalue weighted by molar-refractivity contribution is 6.33. The predicted octanol–water partition coefficient (Wildman–Crippen LogP) is 3.17. The summed E-state index contributed by atoms with van der Waals surface area (Å²) in [5, 5.41) is 3.80. The van der Waals surface area contributed by atoms with Crippen molar-refractivity contribution in [3.63, 3.8) is 0 Å². The van der Waals surface area contributed by atoms with Crippen molar-refractivity contribution in [1.29, 1.82) is 0 Å². The monoisotopic (exact) mass is 355 g/mol. The molecule has 2 bridgehead atoms. The molecular formula is C20H22ClN3O. The highest BCUT2D eigenvalue weighted by atomic mass is 35.5. The molecule has 2 aromatic rings. The Morgan fingerprint density at radius 2 is 2.00 bits per heavy atom. The first kappa shape index (κ1) is 16.6. The molecule has 25 heavy (non-hydrogen) atoms. The zero-order valence-electron chi connectivity index (χ0n) is 14.1. The molecule has 0 aliphatic carbocycles. The van der Waals surface area contributed by atoms with Gasteiger partial charge in [0.05, 0.1) is 10.6 Å². The van der Waals surface area contributed by atoms with Crippen LogP contribution in [0.3, 0.4) is 0 Å². The van der Waals surface area contributed by atoms with Gasteiger partial charge in [0.25, 0.3) is 5.91 Å². The molecule has 5 rings (SSSR count). The van der Waals surface area contributed by atoms with Crippen molar-refractivity contribution < 1.29 is 4.79 Å². The van der Waals surface area contributed by atoms with Gasteiger partial charge in [-0.3, -0.25) is 14.7 Å². The lowest BCUT2D eigenvalue weighted by Crippen LogP contribution is -2.64. The van der Waals surface area contributed by atoms with Crippen LogP contribution in [0.1, 0.15) is 28.8 Å². The zero-order chi connectivity index (χ0) is 17.2. The number of carbonyl (C=O) groups is 1. The largest absolute Gasteiger partial charge is 0.347 e. The van der Waals surface area contributed by atoms with E-state index in [1.54, 1.807) is 18.3 Å². The molecule has 1 N–H and O–H groups in total. The summed E-state index contributed by atoms with van der Waals surface area (Å²) in [6.07, 6.45) is 6.94. The fraction of sp³-hybridized carbons (Fsp3) is 0.400. The Labute approximate surface area is 153 Å². The van der Waals surface area contributed by atoms with Gasteiger partial charge in [0.2, 0.25) is 0 Å². The molecule has 130 valence electrons. The molecule has 3 aliphatic rings. The van der Waals surface area contributed by atoms with Crippen molar-refractivity contribution in [2.45, 2.75) is 31.3 Å². The van der Waals surface area contributed by atoms with Gasteiger partial charge < -0.3 is 5.32 Å². The van der Waals surface area contributed by atoms with Crippen LogP contribution in [0.25, 0.3) is 0 Å². The van der Waals surface area contributed by atoms with Gasteiger partial charge in [-0.05, 0) is 62.0 Å². The molecule has 5 heteroatoms. The molecule has 0 saturated carbocycles. The maximum Gasteiger partial charge on any atom is 0.253 e. The van der Waals surface area contributed by atoms with E-state index >= 15 is 0 Å². The number of carbonyl (C=O) groups excluding carboxylic acids is 1. The van der Waals surface area contributed by atoms with Crippen LogP contribution in [0, 0.1) is 5.92 Å². The summed E-state index contributed by atoms with van der Waals surface area (Å²) < 4.78 is 0. The van der Waals surface area contributed by atoms with E-state index in [1.165, 1.54) is 5.56 Å². The van der Waals surface area contributed by atoms with Gasteiger partial charge >= 0.3 is 0 Å². The molecule has 4 nitrogen and oxygen atoms in total. The van der Waals surface area contributed by atoms with Gasteiger partial charge in [-0.25, -0.2) is 0 Å². The quantitative estimate of drug-likeness (QED) is 0.916. The van der Waals surface area contributed by atoms with Crippen LogP contribution in [0.15, 0.2) is 48.8 Å². The summed E-state index contributed by atoms with van der Waals surface area (Å²) in [7, 11) is 0. The molecule has 0 spiro atoms. The molecule has 3 aliphatic heterocycles. The fourth-order valence-corrected chi connectivity index (χ4v) is 4.48. The molecule has 4 heterocycles. The number of hydrogen-bond acceptors (Lipinski definition) is 3. The van der Waals surface area contributed by atoms with E-state index < -0.39 is 0 Å². The van der Waals surface area contributed by atoms with E-state index in [4.69, 9.17) is 11.6 Å². The van der Waals surface area contributed by atoms with Gasteiger partial charge in [0.1, 0.15) is 0 Å². The highest BCUT2D eigenvalue weighted by Crippen LogP contribution is 2.34. The number of fused-ring (bicyclic) bond motifs is 3. The van der Waals surface area contributed by atoms with E-state index in [9.17, 15) is 4.79 Å². The minimum absolute atomic E-state index is 0.0689. The van der Waals surface area contributed by atoms with E-state index in [0.717, 1.165) is 32.4 Å². The normalized spacial score (nSPS) is 27.9. The Bertz CT molecular complexity index is 744. The minimum atomic E-state index is -0.0689. The number of hydrogen-bond donors (Lipinski definition) is 1. The van der Waals surface area contributed by atoms with Crippen LogP contribution in [-0.2, 0) is 6.42 Å². The van der Waals surface area contributed by atoms with Crippen LogP contribution < -0.4 is 5.32 Å². The minimum Gasteiger partial charge on any atom is -0.347 e. The number of nitrogens with one attached hydrogen (secondary N) is 1. The molecule has 3 saturated heterocycles. The Morgan fingerprint density at radius 3 is 2.72 bits per heavy atom. The standard InChI is InChI=1S/C20H22ClN3O/c21-17-6-2-1-5-16(17)20(25)23-19-15-7-10-24(11-8-15)18(19)12-14-4-3-9-22-13-14/h1-6,9,13,15,18-19H,7-8,10-12H2,(H,23,25)/t18-,19+/m0/s1. The third-order valence-corrected chi connectivity index (χ3v) is 5.88. The topological polar surface area (TPSA) is 45.2 Å². The summed E-state index contributed by atoms with van der Waals surface area (Å²) in [5.41, 5.74) is 1.78. The molecule has 1 aromatic carbocycles. The van der Waals surface area contributed by atoms with E-state index in [1.807, 2.05) is 24.4 Å². The lowest BCUT2D eigenvalue weighted by molar-refractivity contribution is 0.0136. The van der Waals surface area contributed by atoms with E-state index in [-0.39, 0.29) is 11.9 Å². The fourth-order valence-electron chi connectivity index (χ4n) is 4.26. The van der Waals surface area contributed by atoms with Crippen molar-refractivity contribution >= 4 is 17.5 Å². The number of pyridine rings is 1. The number of nitrogens with zero attached hydrogens (tertiary/aromatic N) is 2. The van der Waals surface area contributed by atoms with Crippen LogP contribution >= 0.6 is 11.6 Å². The highest BCUT2D eigenvalue weighted by Gasteiger charge is 2.42. The third kappa shape index (κ3) is 3.42. The smallest absolute Gasteiger partial charge is 0.253 e. The summed E-state index contributed by atoms with van der Waals surface area (Å²) in [6.45, 7) is 2.24. The Balaban J connectivity index is 1.55. The van der Waals surface area contributed by atoms with Crippen LogP contribution in [0.4, 0.5) is 0 Å². The first-order chi connectivity index (χ1) is 12.2. The Kier molecular flexibility index (Phi) is 4.73.